The van der Waals surface area contributed by atoms with Crippen LogP contribution in [-0.2, 0) is 5.41 Å². The number of nitrogens with two attached hydrogens (primary N) is 1. The third kappa shape index (κ3) is 1.35. The van der Waals surface area contributed by atoms with Crippen LogP contribution in [0.4, 0.5) is 0 Å². The summed E-state index contributed by atoms with van der Waals surface area (Å²) in [5.74, 6) is 0.865. The number of hydrogen-bond acceptors (Lipinski definition) is 4. The molecule has 1 saturated heterocycles. The summed E-state index contributed by atoms with van der Waals surface area (Å²) in [6.07, 6.45) is 0.776. The molecular weight excluding hydrogens is 216 g/mol. The maximum atomic E-state index is 10.7. The molecule has 0 aliphatic carbocycles. The second-order valence-corrected chi connectivity index (χ2v) is 5.02. The summed E-state index contributed by atoms with van der Waals surface area (Å²) in [5, 5.41) is 13.9. The highest BCUT2D eigenvalue weighted by Gasteiger charge is 2.56. The van der Waals surface area contributed by atoms with Crippen LogP contribution in [0.3, 0.4) is 0 Å². The zero-order chi connectivity index (χ0) is 11.9. The topological polar surface area (TPSA) is 67.5 Å². The Kier molecular flexibility index (Phi) is 2.40. The largest absolute Gasteiger partial charge is 0.493 e. The molecule has 2 aliphatic rings. The zero-order valence-electron chi connectivity index (χ0n) is 9.78. The molecule has 4 nitrogen and oxygen atoms in total. The average molecular weight is 234 g/mol. The minimum Gasteiger partial charge on any atom is -0.493 e. The van der Waals surface area contributed by atoms with Crippen LogP contribution >= 0.6 is 0 Å². The van der Waals surface area contributed by atoms with Gasteiger partial charge >= 0.3 is 0 Å². The number of para-hydroxylation sites is 1. The number of rotatable bonds is 2. The number of hydrogen-bond donors (Lipinski definition) is 3. The van der Waals surface area contributed by atoms with Gasteiger partial charge in [0.2, 0.25) is 0 Å². The van der Waals surface area contributed by atoms with Crippen molar-refractivity contribution in [1.82, 2.24) is 5.32 Å². The molecule has 1 aromatic carbocycles. The van der Waals surface area contributed by atoms with E-state index in [1.807, 2.05) is 24.3 Å². The number of β-amino-alcohol motifs (C(OH)–C–C–N with tert-alkyl or cyclic N) is 1. The third-order valence-electron chi connectivity index (χ3n) is 4.26. The molecule has 0 spiro atoms. The number of aliphatic hydroxyl groups is 1. The normalized spacial score (nSPS) is 30.0. The number of ether oxygens (including phenoxy) is 1. The molecule has 3 rings (SSSR count). The summed E-state index contributed by atoms with van der Waals surface area (Å²) < 4.78 is 5.66. The highest BCUT2D eigenvalue weighted by atomic mass is 16.5. The molecule has 2 heterocycles. The van der Waals surface area contributed by atoms with Crippen molar-refractivity contribution in [2.45, 2.75) is 17.4 Å². The van der Waals surface area contributed by atoms with E-state index in [1.165, 1.54) is 0 Å². The van der Waals surface area contributed by atoms with Gasteiger partial charge in [0.15, 0.2) is 0 Å². The van der Waals surface area contributed by atoms with Crippen molar-refractivity contribution in [2.24, 2.45) is 5.73 Å². The van der Waals surface area contributed by atoms with Gasteiger partial charge in [0.25, 0.3) is 0 Å². The van der Waals surface area contributed by atoms with E-state index < -0.39 is 5.60 Å². The minimum absolute atomic E-state index is 0.368. The molecule has 17 heavy (non-hydrogen) atoms. The molecule has 1 unspecified atom stereocenters. The first kappa shape index (κ1) is 11.0. The van der Waals surface area contributed by atoms with Gasteiger partial charge in [-0.1, -0.05) is 18.2 Å². The molecule has 4 N–H and O–H groups in total. The van der Waals surface area contributed by atoms with Gasteiger partial charge in [-0.25, -0.2) is 0 Å². The maximum Gasteiger partial charge on any atom is 0.123 e. The molecule has 1 atom stereocenters. The van der Waals surface area contributed by atoms with Crippen LogP contribution in [0.1, 0.15) is 12.0 Å². The van der Waals surface area contributed by atoms with Crippen LogP contribution in [0.25, 0.3) is 0 Å². The predicted molar refractivity (Wildman–Crippen MR) is 65.1 cm³/mol. The van der Waals surface area contributed by atoms with Gasteiger partial charge < -0.3 is 20.9 Å². The van der Waals surface area contributed by atoms with Crippen molar-refractivity contribution in [3.8, 4) is 5.75 Å². The van der Waals surface area contributed by atoms with Crippen LogP contribution in [0.15, 0.2) is 24.3 Å². The zero-order valence-corrected chi connectivity index (χ0v) is 9.78. The molecular formula is C13H18N2O2. The quantitative estimate of drug-likeness (QED) is 0.674. The fourth-order valence-corrected chi connectivity index (χ4v) is 3.04. The first-order valence-corrected chi connectivity index (χ1v) is 6.07. The lowest BCUT2D eigenvalue weighted by Crippen LogP contribution is -2.73. The monoisotopic (exact) mass is 234 g/mol. The van der Waals surface area contributed by atoms with E-state index in [0.717, 1.165) is 17.7 Å². The highest BCUT2D eigenvalue weighted by Crippen LogP contribution is 2.46. The summed E-state index contributed by atoms with van der Waals surface area (Å²) in [6.45, 7) is 2.29. The Labute approximate surface area is 101 Å². The Balaban J connectivity index is 2.12. The van der Waals surface area contributed by atoms with Gasteiger partial charge in [0, 0.05) is 30.6 Å². The summed E-state index contributed by atoms with van der Waals surface area (Å²) in [4.78, 5) is 0. The lowest BCUT2D eigenvalue weighted by Gasteiger charge is -2.54. The van der Waals surface area contributed by atoms with Gasteiger partial charge in [-0.3, -0.25) is 0 Å². The van der Waals surface area contributed by atoms with Crippen molar-refractivity contribution < 1.29 is 9.84 Å². The van der Waals surface area contributed by atoms with E-state index in [2.05, 4.69) is 5.32 Å². The first-order valence-electron chi connectivity index (χ1n) is 6.07. The summed E-state index contributed by atoms with van der Waals surface area (Å²) in [6, 6.07) is 7.91. The van der Waals surface area contributed by atoms with E-state index in [4.69, 9.17) is 10.5 Å². The molecule has 0 amide bonds. The summed E-state index contributed by atoms with van der Waals surface area (Å²) in [7, 11) is 0. The van der Waals surface area contributed by atoms with Crippen LogP contribution < -0.4 is 15.8 Å². The van der Waals surface area contributed by atoms with Crippen LogP contribution in [-0.4, -0.2) is 36.9 Å². The van der Waals surface area contributed by atoms with Gasteiger partial charge in [0.05, 0.1) is 6.61 Å². The Morgan fingerprint density at radius 2 is 2.12 bits per heavy atom. The molecule has 0 saturated carbocycles. The first-order chi connectivity index (χ1) is 8.22. The van der Waals surface area contributed by atoms with E-state index in [0.29, 0.717) is 26.2 Å². The minimum atomic E-state index is -0.734. The lowest BCUT2D eigenvalue weighted by molar-refractivity contribution is -0.0898. The third-order valence-corrected chi connectivity index (χ3v) is 4.26. The Morgan fingerprint density at radius 1 is 1.35 bits per heavy atom. The van der Waals surface area contributed by atoms with E-state index in [1.54, 1.807) is 0 Å². The van der Waals surface area contributed by atoms with Crippen molar-refractivity contribution in [2.75, 3.05) is 26.2 Å². The van der Waals surface area contributed by atoms with Crippen molar-refractivity contribution in [3.63, 3.8) is 0 Å². The Bertz CT molecular complexity index is 431. The molecule has 0 bridgehead atoms. The SMILES string of the molecule is NCC1(C2(O)CNC2)CCOc2ccccc21. The van der Waals surface area contributed by atoms with Crippen LogP contribution in [0.2, 0.25) is 0 Å². The van der Waals surface area contributed by atoms with Gasteiger partial charge in [-0.15, -0.1) is 0 Å². The molecule has 92 valence electrons. The Hall–Kier alpha value is -1.10. The van der Waals surface area contributed by atoms with E-state index in [-0.39, 0.29) is 5.41 Å². The standard InChI is InChI=1S/C13H18N2O2/c14-7-12(13(16)8-15-9-13)5-6-17-11-4-2-1-3-10(11)12/h1-4,15-16H,5-9,14H2. The maximum absolute atomic E-state index is 10.7. The Morgan fingerprint density at radius 3 is 2.76 bits per heavy atom. The van der Waals surface area contributed by atoms with E-state index >= 15 is 0 Å². The van der Waals surface area contributed by atoms with Crippen molar-refractivity contribution in [1.29, 1.82) is 0 Å². The van der Waals surface area contributed by atoms with Crippen molar-refractivity contribution in [3.05, 3.63) is 29.8 Å². The molecule has 1 fully saturated rings. The number of fused-ring (bicyclic) bond motifs is 1. The average Bonchev–Trinajstić information content (AvgIpc) is 2.35. The fourth-order valence-electron chi connectivity index (χ4n) is 3.04. The molecule has 0 aromatic heterocycles. The molecule has 0 radical (unpaired) electrons. The fraction of sp³-hybridized carbons (Fsp3) is 0.538. The second kappa shape index (κ2) is 3.70. The molecule has 4 heteroatoms. The molecule has 2 aliphatic heterocycles. The smallest absolute Gasteiger partial charge is 0.123 e. The highest BCUT2D eigenvalue weighted by molar-refractivity contribution is 5.45. The van der Waals surface area contributed by atoms with Gasteiger partial charge in [0.1, 0.15) is 11.4 Å². The van der Waals surface area contributed by atoms with Crippen LogP contribution in [0, 0.1) is 0 Å². The van der Waals surface area contributed by atoms with E-state index in [9.17, 15) is 5.11 Å². The second-order valence-electron chi connectivity index (χ2n) is 5.02. The predicted octanol–water partition coefficient (Wildman–Crippen LogP) is -0.000100. The van der Waals surface area contributed by atoms with Gasteiger partial charge in [-0.05, 0) is 12.5 Å². The van der Waals surface area contributed by atoms with Crippen molar-refractivity contribution >= 4 is 0 Å². The van der Waals surface area contributed by atoms with Crippen LogP contribution in [0.5, 0.6) is 5.75 Å². The molecule has 1 aromatic rings. The van der Waals surface area contributed by atoms with Gasteiger partial charge in [-0.2, -0.15) is 0 Å². The number of nitrogens with one attached hydrogen (secondary N) is 1. The summed E-state index contributed by atoms with van der Waals surface area (Å²) >= 11 is 0. The lowest BCUT2D eigenvalue weighted by atomic mass is 9.61. The summed E-state index contributed by atoms with van der Waals surface area (Å²) in [5.41, 5.74) is 5.96. The number of benzene rings is 1.